The number of hydrogen-bond acceptors (Lipinski definition) is 2. The molecule has 1 heterocycles. The van der Waals surface area contributed by atoms with Crippen LogP contribution in [0.2, 0.25) is 0 Å². The number of carboxylic acid groups (broad SMARTS) is 1. The van der Waals surface area contributed by atoms with Crippen LogP contribution in [0.15, 0.2) is 67.3 Å². The number of benzene rings is 3. The van der Waals surface area contributed by atoms with Gasteiger partial charge in [-0.15, -0.1) is 0 Å². The van der Waals surface area contributed by atoms with Gasteiger partial charge < -0.3 is 9.67 Å². The molecule has 4 aromatic rings. The van der Waals surface area contributed by atoms with E-state index in [2.05, 4.69) is 4.98 Å². The molecule has 1 aromatic heterocycles. The van der Waals surface area contributed by atoms with E-state index in [9.17, 15) is 31.9 Å². The molecular weight excluding hydrogens is 498 g/mol. The van der Waals surface area contributed by atoms with Crippen molar-refractivity contribution in [2.75, 3.05) is 0 Å². The lowest BCUT2D eigenvalue weighted by molar-refractivity contribution is 0.0693. The zero-order valence-corrected chi connectivity index (χ0v) is 18.9. The standard InChI is InChI=1S/C27H18F6N2O2/c28-20(18-8-5-15(12-19(18)27(36)37)2-1-10-35-11-9-34-14-35)13-16-3-6-17(7-4-16)21-22(29)24(31)26(33)25(32)23(21)30/h1-9,11-12,14,20H,10,13H2,(H,36,37). The van der Waals surface area contributed by atoms with Gasteiger partial charge >= 0.3 is 5.97 Å². The molecule has 0 bridgehead atoms. The molecule has 0 amide bonds. The SMILES string of the molecule is O=C(O)c1cc(C=CCn2ccnc2)ccc1C(F)Cc1ccc(-c2c(F)c(F)c(F)c(F)c2F)cc1. The van der Waals surface area contributed by atoms with E-state index in [1.165, 1.54) is 24.3 Å². The molecule has 0 saturated carbocycles. The first-order valence-electron chi connectivity index (χ1n) is 10.9. The summed E-state index contributed by atoms with van der Waals surface area (Å²) in [5.41, 5.74) is -0.797. The zero-order chi connectivity index (χ0) is 26.7. The summed E-state index contributed by atoms with van der Waals surface area (Å²) >= 11 is 0. The van der Waals surface area contributed by atoms with Crippen molar-refractivity contribution >= 4 is 12.0 Å². The molecule has 0 aliphatic carbocycles. The van der Waals surface area contributed by atoms with Crippen LogP contribution >= 0.6 is 0 Å². The smallest absolute Gasteiger partial charge is 0.336 e. The Hall–Kier alpha value is -4.34. The van der Waals surface area contributed by atoms with E-state index in [4.69, 9.17) is 0 Å². The van der Waals surface area contributed by atoms with Gasteiger partial charge in [0, 0.05) is 30.9 Å². The third kappa shape index (κ3) is 5.42. The summed E-state index contributed by atoms with van der Waals surface area (Å²) < 4.78 is 85.5. The van der Waals surface area contributed by atoms with E-state index in [1.54, 1.807) is 41.5 Å². The van der Waals surface area contributed by atoms with Crippen molar-refractivity contribution in [1.82, 2.24) is 9.55 Å². The third-order valence-corrected chi connectivity index (χ3v) is 5.70. The van der Waals surface area contributed by atoms with Gasteiger partial charge in [-0.25, -0.2) is 36.1 Å². The lowest BCUT2D eigenvalue weighted by atomic mass is 9.95. The monoisotopic (exact) mass is 516 g/mol. The minimum absolute atomic E-state index is 0.0666. The van der Waals surface area contributed by atoms with E-state index < -0.39 is 46.8 Å². The molecule has 1 N–H and O–H groups in total. The molecule has 0 spiro atoms. The predicted molar refractivity (Wildman–Crippen MR) is 124 cm³/mol. The number of imidazole rings is 1. The topological polar surface area (TPSA) is 55.1 Å². The Balaban J connectivity index is 1.53. The highest BCUT2D eigenvalue weighted by atomic mass is 19.2. The van der Waals surface area contributed by atoms with Crippen LogP contribution in [-0.2, 0) is 13.0 Å². The molecule has 190 valence electrons. The van der Waals surface area contributed by atoms with Gasteiger partial charge in [0.15, 0.2) is 23.3 Å². The predicted octanol–water partition coefficient (Wildman–Crippen LogP) is 6.91. The molecule has 3 aromatic carbocycles. The van der Waals surface area contributed by atoms with Gasteiger partial charge in [0.05, 0.1) is 17.5 Å². The number of nitrogens with zero attached hydrogens (tertiary/aromatic N) is 2. The quantitative estimate of drug-likeness (QED) is 0.157. The fourth-order valence-corrected chi connectivity index (χ4v) is 3.82. The van der Waals surface area contributed by atoms with E-state index in [0.29, 0.717) is 17.7 Å². The lowest BCUT2D eigenvalue weighted by Gasteiger charge is -2.13. The molecule has 0 fully saturated rings. The molecule has 4 rings (SSSR count). The van der Waals surface area contributed by atoms with Crippen molar-refractivity contribution in [3.05, 3.63) is 119 Å². The number of carboxylic acids is 1. The summed E-state index contributed by atoms with van der Waals surface area (Å²) in [5, 5.41) is 9.60. The zero-order valence-electron chi connectivity index (χ0n) is 18.9. The van der Waals surface area contributed by atoms with Crippen LogP contribution in [0.5, 0.6) is 0 Å². The van der Waals surface area contributed by atoms with Crippen LogP contribution in [-0.4, -0.2) is 20.6 Å². The van der Waals surface area contributed by atoms with E-state index in [1.807, 2.05) is 0 Å². The van der Waals surface area contributed by atoms with Gasteiger partial charge in [0.25, 0.3) is 0 Å². The second kappa shape index (κ2) is 10.7. The van der Waals surface area contributed by atoms with E-state index in [-0.39, 0.29) is 23.1 Å². The average molecular weight is 516 g/mol. The highest BCUT2D eigenvalue weighted by Crippen LogP contribution is 2.33. The van der Waals surface area contributed by atoms with Crippen molar-refractivity contribution in [3.63, 3.8) is 0 Å². The number of allylic oxidation sites excluding steroid dienone is 1. The largest absolute Gasteiger partial charge is 0.478 e. The molecule has 0 aliphatic heterocycles. The van der Waals surface area contributed by atoms with Gasteiger partial charge in [0.2, 0.25) is 5.82 Å². The summed E-state index contributed by atoms with van der Waals surface area (Å²) in [7, 11) is 0. The molecule has 1 unspecified atom stereocenters. The summed E-state index contributed by atoms with van der Waals surface area (Å²) in [6.07, 6.45) is 6.48. The van der Waals surface area contributed by atoms with Crippen LogP contribution in [0.25, 0.3) is 17.2 Å². The number of hydrogen-bond donors (Lipinski definition) is 1. The van der Waals surface area contributed by atoms with Crippen molar-refractivity contribution in [2.45, 2.75) is 19.1 Å². The molecule has 4 nitrogen and oxygen atoms in total. The normalized spacial score (nSPS) is 12.3. The number of aromatic carboxylic acids is 1. The van der Waals surface area contributed by atoms with Gasteiger partial charge in [-0.3, -0.25) is 0 Å². The number of alkyl halides is 1. The molecule has 10 heteroatoms. The minimum Gasteiger partial charge on any atom is -0.478 e. The van der Waals surface area contributed by atoms with Crippen LogP contribution in [0.3, 0.4) is 0 Å². The maximum atomic E-state index is 15.2. The van der Waals surface area contributed by atoms with Crippen molar-refractivity contribution < 1.29 is 36.2 Å². The van der Waals surface area contributed by atoms with Crippen molar-refractivity contribution in [3.8, 4) is 11.1 Å². The highest BCUT2D eigenvalue weighted by molar-refractivity contribution is 5.90. The first-order valence-corrected chi connectivity index (χ1v) is 10.9. The molecule has 0 radical (unpaired) electrons. The Morgan fingerprint density at radius 3 is 2.19 bits per heavy atom. The Kier molecular flexibility index (Phi) is 7.47. The van der Waals surface area contributed by atoms with Crippen molar-refractivity contribution in [2.24, 2.45) is 0 Å². The Labute approximate surface area is 207 Å². The highest BCUT2D eigenvalue weighted by Gasteiger charge is 2.26. The maximum absolute atomic E-state index is 15.2. The minimum atomic E-state index is -2.26. The lowest BCUT2D eigenvalue weighted by Crippen LogP contribution is -2.07. The molecule has 0 aliphatic rings. The molecule has 0 saturated heterocycles. The second-order valence-corrected chi connectivity index (χ2v) is 8.13. The number of carbonyl (C=O) groups is 1. The maximum Gasteiger partial charge on any atom is 0.336 e. The van der Waals surface area contributed by atoms with Gasteiger partial charge in [-0.05, 0) is 22.8 Å². The fourth-order valence-electron chi connectivity index (χ4n) is 3.82. The van der Waals surface area contributed by atoms with Crippen LogP contribution in [0, 0.1) is 29.1 Å². The van der Waals surface area contributed by atoms with Crippen molar-refractivity contribution in [1.29, 1.82) is 0 Å². The molecule has 1 atom stereocenters. The number of rotatable bonds is 8. The fraction of sp³-hybridized carbons (Fsp3) is 0.111. The Bertz CT molecular complexity index is 1440. The van der Waals surface area contributed by atoms with E-state index >= 15 is 4.39 Å². The Morgan fingerprint density at radius 1 is 0.946 bits per heavy atom. The second-order valence-electron chi connectivity index (χ2n) is 8.13. The van der Waals surface area contributed by atoms with Gasteiger partial charge in [-0.1, -0.05) is 48.6 Å². The van der Waals surface area contributed by atoms with Gasteiger partial charge in [-0.2, -0.15) is 0 Å². The van der Waals surface area contributed by atoms with E-state index in [0.717, 1.165) is 12.1 Å². The van der Waals surface area contributed by atoms with Gasteiger partial charge in [0.1, 0.15) is 6.17 Å². The molecular formula is C27H18F6N2O2. The molecule has 37 heavy (non-hydrogen) atoms. The summed E-state index contributed by atoms with van der Waals surface area (Å²) in [4.78, 5) is 15.7. The van der Waals surface area contributed by atoms with Crippen LogP contribution < -0.4 is 0 Å². The third-order valence-electron chi connectivity index (χ3n) is 5.70. The summed E-state index contributed by atoms with van der Waals surface area (Å²) in [6, 6.07) is 9.04. The van der Waals surface area contributed by atoms with Crippen LogP contribution in [0.4, 0.5) is 26.3 Å². The number of halogens is 6. The van der Waals surface area contributed by atoms with Crippen LogP contribution in [0.1, 0.15) is 33.2 Å². The number of aromatic nitrogens is 2. The summed E-state index contributed by atoms with van der Waals surface area (Å²) in [5.74, 6) is -11.7. The first kappa shape index (κ1) is 25.7. The Morgan fingerprint density at radius 2 is 1.59 bits per heavy atom. The first-order chi connectivity index (χ1) is 17.7. The average Bonchev–Trinajstić information content (AvgIpc) is 3.41. The summed E-state index contributed by atoms with van der Waals surface area (Å²) in [6.45, 7) is 0.511.